The normalized spacial score (nSPS) is 15.0. The van der Waals surface area contributed by atoms with Gasteiger partial charge >= 0.3 is 0 Å². The number of hydrogen-bond acceptors (Lipinski definition) is 4. The van der Waals surface area contributed by atoms with E-state index in [4.69, 9.17) is 0 Å². The summed E-state index contributed by atoms with van der Waals surface area (Å²) >= 11 is 1.79. The molecule has 0 aromatic carbocycles. The molecular formula is C11H22N4S. The average molecular weight is 242 g/mol. The van der Waals surface area contributed by atoms with Gasteiger partial charge in [0.1, 0.15) is 6.33 Å². The topological polar surface area (TPSA) is 42.7 Å². The van der Waals surface area contributed by atoms with Crippen LogP contribution in [0.15, 0.2) is 11.5 Å². The minimum absolute atomic E-state index is 0.558. The van der Waals surface area contributed by atoms with E-state index < -0.39 is 0 Å². The third kappa shape index (κ3) is 4.53. The van der Waals surface area contributed by atoms with Crippen LogP contribution in [0.25, 0.3) is 0 Å². The summed E-state index contributed by atoms with van der Waals surface area (Å²) < 4.78 is 1.82. The number of aryl methyl sites for hydroxylation is 1. The SMILES string of the molecule is CCCNC(C)CC(C)Sc1ncnn1C. The van der Waals surface area contributed by atoms with E-state index in [0.717, 1.165) is 18.1 Å². The van der Waals surface area contributed by atoms with Gasteiger partial charge in [-0.25, -0.2) is 9.67 Å². The van der Waals surface area contributed by atoms with Gasteiger partial charge in [-0.15, -0.1) is 0 Å². The first-order chi connectivity index (χ1) is 7.63. The lowest BCUT2D eigenvalue weighted by atomic mass is 10.2. The molecular weight excluding hydrogens is 220 g/mol. The fourth-order valence-corrected chi connectivity index (χ4v) is 2.64. The second kappa shape index (κ2) is 6.91. The van der Waals surface area contributed by atoms with Crippen LogP contribution in [-0.2, 0) is 7.05 Å². The van der Waals surface area contributed by atoms with Crippen molar-refractivity contribution in [3.8, 4) is 0 Å². The first-order valence-electron chi connectivity index (χ1n) is 5.87. The summed E-state index contributed by atoms with van der Waals surface area (Å²) in [6.07, 6.45) is 3.94. The van der Waals surface area contributed by atoms with Crippen LogP contribution < -0.4 is 5.32 Å². The van der Waals surface area contributed by atoms with Crippen molar-refractivity contribution in [2.75, 3.05) is 6.54 Å². The van der Waals surface area contributed by atoms with Gasteiger partial charge in [-0.05, 0) is 26.3 Å². The summed E-state index contributed by atoms with van der Waals surface area (Å²) in [7, 11) is 1.93. The molecule has 0 spiro atoms. The van der Waals surface area contributed by atoms with E-state index in [0.29, 0.717) is 11.3 Å². The van der Waals surface area contributed by atoms with Crippen molar-refractivity contribution >= 4 is 11.8 Å². The summed E-state index contributed by atoms with van der Waals surface area (Å²) in [5, 5.41) is 9.12. The molecule has 1 aromatic heterocycles. The molecule has 1 heterocycles. The first kappa shape index (κ1) is 13.5. The largest absolute Gasteiger partial charge is 0.314 e. The summed E-state index contributed by atoms with van der Waals surface area (Å²) in [5.74, 6) is 0. The third-order valence-corrected chi connectivity index (χ3v) is 3.58. The number of nitrogens with zero attached hydrogens (tertiary/aromatic N) is 3. The van der Waals surface area contributed by atoms with Crippen LogP contribution in [0, 0.1) is 0 Å². The van der Waals surface area contributed by atoms with Crippen molar-refractivity contribution in [3.05, 3.63) is 6.33 Å². The molecule has 0 saturated heterocycles. The lowest BCUT2D eigenvalue weighted by Gasteiger charge is -2.17. The Morgan fingerprint density at radius 3 is 2.81 bits per heavy atom. The minimum atomic E-state index is 0.558. The third-order valence-electron chi connectivity index (χ3n) is 2.40. The van der Waals surface area contributed by atoms with Gasteiger partial charge in [-0.1, -0.05) is 25.6 Å². The van der Waals surface area contributed by atoms with Gasteiger partial charge in [0.2, 0.25) is 0 Å². The molecule has 5 heteroatoms. The average Bonchev–Trinajstić information content (AvgIpc) is 2.61. The van der Waals surface area contributed by atoms with Gasteiger partial charge in [-0.2, -0.15) is 5.10 Å². The zero-order valence-corrected chi connectivity index (χ0v) is 11.4. The summed E-state index contributed by atoms with van der Waals surface area (Å²) in [6.45, 7) is 7.77. The number of thioether (sulfide) groups is 1. The highest BCUT2D eigenvalue weighted by molar-refractivity contribution is 7.99. The van der Waals surface area contributed by atoms with Crippen molar-refractivity contribution in [3.63, 3.8) is 0 Å². The molecule has 4 nitrogen and oxygen atoms in total. The van der Waals surface area contributed by atoms with Crippen molar-refractivity contribution in [1.29, 1.82) is 0 Å². The van der Waals surface area contributed by atoms with Gasteiger partial charge in [0.25, 0.3) is 0 Å². The molecule has 1 rings (SSSR count). The highest BCUT2D eigenvalue weighted by atomic mass is 32.2. The molecule has 1 N–H and O–H groups in total. The van der Waals surface area contributed by atoms with Crippen LogP contribution in [-0.4, -0.2) is 32.6 Å². The first-order valence-corrected chi connectivity index (χ1v) is 6.75. The monoisotopic (exact) mass is 242 g/mol. The summed E-state index contributed by atoms with van der Waals surface area (Å²) in [4.78, 5) is 4.22. The molecule has 0 amide bonds. The van der Waals surface area contributed by atoms with E-state index in [1.54, 1.807) is 18.1 Å². The van der Waals surface area contributed by atoms with E-state index in [-0.39, 0.29) is 0 Å². The van der Waals surface area contributed by atoms with E-state index in [9.17, 15) is 0 Å². The van der Waals surface area contributed by atoms with Crippen LogP contribution in [0.4, 0.5) is 0 Å². The maximum Gasteiger partial charge on any atom is 0.186 e. The fraction of sp³-hybridized carbons (Fsp3) is 0.818. The van der Waals surface area contributed by atoms with Crippen molar-refractivity contribution in [2.45, 2.75) is 50.1 Å². The molecule has 92 valence electrons. The Labute approximate surface area is 102 Å². The van der Waals surface area contributed by atoms with Crippen LogP contribution in [0.5, 0.6) is 0 Å². The lowest BCUT2D eigenvalue weighted by molar-refractivity contribution is 0.512. The molecule has 2 unspecified atom stereocenters. The maximum absolute atomic E-state index is 4.22. The Morgan fingerprint density at radius 1 is 1.50 bits per heavy atom. The van der Waals surface area contributed by atoms with Crippen molar-refractivity contribution < 1.29 is 0 Å². The Bertz CT molecular complexity index is 300. The zero-order valence-electron chi connectivity index (χ0n) is 10.6. The Balaban J connectivity index is 2.30. The minimum Gasteiger partial charge on any atom is -0.314 e. The molecule has 1 aromatic rings. The second-order valence-corrected chi connectivity index (χ2v) is 5.59. The zero-order chi connectivity index (χ0) is 12.0. The summed E-state index contributed by atoms with van der Waals surface area (Å²) in [5.41, 5.74) is 0. The van der Waals surface area contributed by atoms with Gasteiger partial charge < -0.3 is 5.32 Å². The molecule has 0 aliphatic rings. The number of aromatic nitrogens is 3. The van der Waals surface area contributed by atoms with Crippen LogP contribution >= 0.6 is 11.8 Å². The van der Waals surface area contributed by atoms with Crippen LogP contribution in [0.2, 0.25) is 0 Å². The molecule has 0 saturated carbocycles. The lowest BCUT2D eigenvalue weighted by Crippen LogP contribution is -2.29. The van der Waals surface area contributed by atoms with E-state index >= 15 is 0 Å². The van der Waals surface area contributed by atoms with Crippen LogP contribution in [0.1, 0.15) is 33.6 Å². The highest BCUT2D eigenvalue weighted by Crippen LogP contribution is 2.23. The Kier molecular flexibility index (Phi) is 5.84. The van der Waals surface area contributed by atoms with E-state index in [1.165, 1.54) is 6.42 Å². The molecule has 0 aliphatic carbocycles. The summed E-state index contributed by atoms with van der Waals surface area (Å²) in [6, 6.07) is 0.565. The molecule has 0 fully saturated rings. The van der Waals surface area contributed by atoms with Gasteiger partial charge in [-0.3, -0.25) is 0 Å². The molecule has 0 radical (unpaired) electrons. The second-order valence-electron chi connectivity index (χ2n) is 4.19. The molecule has 0 bridgehead atoms. The van der Waals surface area contributed by atoms with E-state index in [1.807, 2.05) is 11.7 Å². The highest BCUT2D eigenvalue weighted by Gasteiger charge is 2.12. The quantitative estimate of drug-likeness (QED) is 0.743. The number of rotatable bonds is 7. The fourth-order valence-electron chi connectivity index (χ4n) is 1.59. The maximum atomic E-state index is 4.22. The molecule has 16 heavy (non-hydrogen) atoms. The Morgan fingerprint density at radius 2 is 2.25 bits per heavy atom. The molecule has 0 aliphatic heterocycles. The smallest absolute Gasteiger partial charge is 0.186 e. The predicted molar refractivity (Wildman–Crippen MR) is 68.7 cm³/mol. The number of hydrogen-bond donors (Lipinski definition) is 1. The molecule has 2 atom stereocenters. The van der Waals surface area contributed by atoms with Gasteiger partial charge in [0.05, 0.1) is 0 Å². The number of nitrogens with one attached hydrogen (secondary N) is 1. The van der Waals surface area contributed by atoms with Crippen molar-refractivity contribution in [2.24, 2.45) is 7.05 Å². The predicted octanol–water partition coefficient (Wildman–Crippen LogP) is 2.07. The Hall–Kier alpha value is -0.550. The standard InChI is InChI=1S/C11H22N4S/c1-5-6-12-9(2)7-10(3)16-11-13-8-14-15(11)4/h8-10,12H,5-7H2,1-4H3. The van der Waals surface area contributed by atoms with Gasteiger partial charge in [0.15, 0.2) is 5.16 Å². The van der Waals surface area contributed by atoms with Crippen molar-refractivity contribution in [1.82, 2.24) is 20.1 Å². The van der Waals surface area contributed by atoms with Crippen LogP contribution in [0.3, 0.4) is 0 Å². The van der Waals surface area contributed by atoms with E-state index in [2.05, 4.69) is 36.2 Å². The van der Waals surface area contributed by atoms with Gasteiger partial charge in [0, 0.05) is 18.3 Å².